The molecule has 1 N–H and O–H groups in total. The Morgan fingerprint density at radius 1 is 1.03 bits per heavy atom. The number of nitrogens with zero attached hydrogens (tertiary/aromatic N) is 5. The number of aromatic nitrogens is 4. The predicted molar refractivity (Wildman–Crippen MR) is 124 cm³/mol. The molecule has 0 aliphatic rings. The van der Waals surface area contributed by atoms with Gasteiger partial charge in [-0.2, -0.15) is 4.98 Å². The van der Waals surface area contributed by atoms with Crippen LogP contribution in [0.15, 0.2) is 85.3 Å². The largest absolute Gasteiger partial charge is 0.439 e. The minimum atomic E-state index is -0.451. The van der Waals surface area contributed by atoms with E-state index >= 15 is 0 Å². The molecule has 9 heteroatoms. The maximum absolute atomic E-state index is 11.0. The standard InChI is InChI=1S/C24H18N6O3/c1-16-15-26-24(27-18-5-4-6-19(14-18)30(31)32)28-23(16)33-20-8-9-21-17(13-20)10-12-29(21)22-7-2-3-11-25-22/h2-15H,1H3,(H,26,27,28). The van der Waals surface area contributed by atoms with Crippen molar-refractivity contribution in [2.45, 2.75) is 6.92 Å². The molecule has 5 aromatic rings. The fourth-order valence-electron chi connectivity index (χ4n) is 3.41. The number of nitrogens with one attached hydrogen (secondary N) is 1. The number of ether oxygens (including phenoxy) is 1. The molecule has 2 aromatic carbocycles. The summed E-state index contributed by atoms with van der Waals surface area (Å²) in [6, 6.07) is 19.7. The van der Waals surface area contributed by atoms with Crippen LogP contribution in [0.3, 0.4) is 0 Å². The number of anilines is 2. The van der Waals surface area contributed by atoms with Gasteiger partial charge in [0.25, 0.3) is 5.69 Å². The number of benzene rings is 2. The zero-order chi connectivity index (χ0) is 22.8. The predicted octanol–water partition coefficient (Wildman–Crippen LogP) is 5.57. The highest BCUT2D eigenvalue weighted by molar-refractivity contribution is 5.83. The van der Waals surface area contributed by atoms with Crippen molar-refractivity contribution < 1.29 is 9.66 Å². The number of nitro groups is 1. The Kier molecular flexibility index (Phi) is 5.12. The van der Waals surface area contributed by atoms with Crippen molar-refractivity contribution in [1.82, 2.24) is 19.5 Å². The van der Waals surface area contributed by atoms with Gasteiger partial charge in [-0.25, -0.2) is 9.97 Å². The van der Waals surface area contributed by atoms with E-state index in [1.807, 2.05) is 60.2 Å². The molecule has 0 aliphatic carbocycles. The van der Waals surface area contributed by atoms with Crippen LogP contribution in [0.4, 0.5) is 17.3 Å². The third-order valence-corrected chi connectivity index (χ3v) is 5.01. The summed E-state index contributed by atoms with van der Waals surface area (Å²) in [6.45, 7) is 1.85. The number of fused-ring (bicyclic) bond motifs is 1. The minimum absolute atomic E-state index is 0.0190. The molecule has 0 bridgehead atoms. The zero-order valence-electron chi connectivity index (χ0n) is 17.5. The van der Waals surface area contributed by atoms with Gasteiger partial charge in [0.2, 0.25) is 11.8 Å². The van der Waals surface area contributed by atoms with Gasteiger partial charge in [-0.05, 0) is 49.4 Å². The lowest BCUT2D eigenvalue weighted by atomic mass is 10.2. The summed E-state index contributed by atoms with van der Waals surface area (Å²) in [6.07, 6.45) is 5.36. The first kappa shape index (κ1) is 20.1. The molecule has 0 radical (unpaired) electrons. The first-order valence-electron chi connectivity index (χ1n) is 10.1. The number of hydrogen-bond donors (Lipinski definition) is 1. The van der Waals surface area contributed by atoms with Crippen LogP contribution in [0.1, 0.15) is 5.56 Å². The second-order valence-corrected chi connectivity index (χ2v) is 7.31. The van der Waals surface area contributed by atoms with Crippen LogP contribution in [0, 0.1) is 17.0 Å². The van der Waals surface area contributed by atoms with Crippen LogP contribution >= 0.6 is 0 Å². The molecule has 0 unspecified atom stereocenters. The Morgan fingerprint density at radius 3 is 2.76 bits per heavy atom. The lowest BCUT2D eigenvalue weighted by Gasteiger charge is -2.11. The van der Waals surface area contributed by atoms with Crippen LogP contribution in [-0.2, 0) is 0 Å². The topological polar surface area (TPSA) is 108 Å². The van der Waals surface area contributed by atoms with Gasteiger partial charge < -0.3 is 14.6 Å². The number of hydrogen-bond acceptors (Lipinski definition) is 7. The number of aryl methyl sites for hydroxylation is 1. The quantitative estimate of drug-likeness (QED) is 0.273. The van der Waals surface area contributed by atoms with Crippen LogP contribution in [0.2, 0.25) is 0 Å². The molecule has 0 spiro atoms. The molecule has 0 saturated carbocycles. The normalized spacial score (nSPS) is 10.8. The zero-order valence-corrected chi connectivity index (χ0v) is 17.5. The Morgan fingerprint density at radius 2 is 1.94 bits per heavy atom. The molecule has 0 aliphatic heterocycles. The molecule has 3 heterocycles. The summed E-state index contributed by atoms with van der Waals surface area (Å²) in [5.74, 6) is 2.13. The van der Waals surface area contributed by atoms with E-state index in [0.717, 1.165) is 22.3 Å². The number of pyridine rings is 1. The van der Waals surface area contributed by atoms with E-state index in [1.165, 1.54) is 12.1 Å². The number of nitro benzene ring substituents is 1. The summed E-state index contributed by atoms with van der Waals surface area (Å²) < 4.78 is 8.06. The minimum Gasteiger partial charge on any atom is -0.439 e. The second-order valence-electron chi connectivity index (χ2n) is 7.31. The summed E-state index contributed by atoms with van der Waals surface area (Å²) in [4.78, 5) is 23.7. The number of rotatable bonds is 6. The fraction of sp³-hybridized carbons (Fsp3) is 0.0417. The smallest absolute Gasteiger partial charge is 0.271 e. The monoisotopic (exact) mass is 438 g/mol. The third kappa shape index (κ3) is 4.19. The van der Waals surface area contributed by atoms with Gasteiger partial charge in [-0.3, -0.25) is 10.1 Å². The van der Waals surface area contributed by atoms with Crippen molar-refractivity contribution in [1.29, 1.82) is 0 Å². The molecular formula is C24H18N6O3. The van der Waals surface area contributed by atoms with E-state index in [-0.39, 0.29) is 11.6 Å². The molecule has 0 atom stereocenters. The van der Waals surface area contributed by atoms with E-state index in [9.17, 15) is 10.1 Å². The van der Waals surface area contributed by atoms with Crippen molar-refractivity contribution in [3.05, 3.63) is 101 Å². The second kappa shape index (κ2) is 8.39. The lowest BCUT2D eigenvalue weighted by Crippen LogP contribution is -2.01. The first-order chi connectivity index (χ1) is 16.1. The van der Waals surface area contributed by atoms with Gasteiger partial charge in [0.05, 0.1) is 10.4 Å². The van der Waals surface area contributed by atoms with E-state index < -0.39 is 4.92 Å². The highest BCUT2D eigenvalue weighted by Gasteiger charge is 2.11. The number of non-ortho nitro benzene ring substituents is 1. The fourth-order valence-corrected chi connectivity index (χ4v) is 3.41. The van der Waals surface area contributed by atoms with Gasteiger partial charge >= 0.3 is 0 Å². The Bertz CT molecular complexity index is 1470. The van der Waals surface area contributed by atoms with Crippen molar-refractivity contribution in [3.8, 4) is 17.4 Å². The van der Waals surface area contributed by atoms with Crippen LogP contribution in [0.25, 0.3) is 16.7 Å². The summed E-state index contributed by atoms with van der Waals surface area (Å²) in [5.41, 5.74) is 2.25. The first-order valence-corrected chi connectivity index (χ1v) is 10.1. The molecule has 5 rings (SSSR count). The van der Waals surface area contributed by atoms with Crippen molar-refractivity contribution in [2.75, 3.05) is 5.32 Å². The Labute approximate surface area is 188 Å². The molecule has 0 saturated heterocycles. The van der Waals surface area contributed by atoms with Crippen molar-refractivity contribution >= 4 is 28.2 Å². The highest BCUT2D eigenvalue weighted by Crippen LogP contribution is 2.29. The molecule has 3 aromatic heterocycles. The Hall–Kier alpha value is -4.79. The molecule has 0 fully saturated rings. The summed E-state index contributed by atoms with van der Waals surface area (Å²) in [5, 5.41) is 15.0. The van der Waals surface area contributed by atoms with Crippen LogP contribution in [0.5, 0.6) is 11.6 Å². The molecular weight excluding hydrogens is 420 g/mol. The molecule has 162 valence electrons. The lowest BCUT2D eigenvalue weighted by molar-refractivity contribution is -0.384. The highest BCUT2D eigenvalue weighted by atomic mass is 16.6. The van der Waals surface area contributed by atoms with E-state index in [4.69, 9.17) is 4.74 Å². The van der Waals surface area contributed by atoms with Crippen molar-refractivity contribution in [2.24, 2.45) is 0 Å². The van der Waals surface area contributed by atoms with Gasteiger partial charge in [-0.15, -0.1) is 0 Å². The van der Waals surface area contributed by atoms with Crippen LogP contribution in [-0.4, -0.2) is 24.4 Å². The van der Waals surface area contributed by atoms with E-state index in [1.54, 1.807) is 24.5 Å². The van der Waals surface area contributed by atoms with Gasteiger partial charge in [0, 0.05) is 47.4 Å². The average Bonchev–Trinajstić information content (AvgIpc) is 3.25. The molecule has 9 nitrogen and oxygen atoms in total. The molecule has 0 amide bonds. The third-order valence-electron chi connectivity index (χ3n) is 5.01. The SMILES string of the molecule is Cc1cnc(Nc2cccc([N+](=O)[O-])c2)nc1Oc1ccc2c(ccn2-c2ccccn2)c1. The van der Waals surface area contributed by atoms with Gasteiger partial charge in [0.1, 0.15) is 11.6 Å². The maximum atomic E-state index is 11.0. The Balaban J connectivity index is 1.40. The summed E-state index contributed by atoms with van der Waals surface area (Å²) >= 11 is 0. The summed E-state index contributed by atoms with van der Waals surface area (Å²) in [7, 11) is 0. The molecule has 33 heavy (non-hydrogen) atoms. The van der Waals surface area contributed by atoms with Gasteiger partial charge in [-0.1, -0.05) is 12.1 Å². The van der Waals surface area contributed by atoms with Gasteiger partial charge in [0.15, 0.2) is 0 Å². The van der Waals surface area contributed by atoms with Crippen LogP contribution < -0.4 is 10.1 Å². The van der Waals surface area contributed by atoms with E-state index in [0.29, 0.717) is 17.3 Å². The maximum Gasteiger partial charge on any atom is 0.271 e. The van der Waals surface area contributed by atoms with E-state index in [2.05, 4.69) is 20.3 Å². The average molecular weight is 438 g/mol. The van der Waals surface area contributed by atoms with Crippen molar-refractivity contribution in [3.63, 3.8) is 0 Å².